The minimum atomic E-state index is -1.26. The molecule has 1 unspecified atom stereocenters. The van der Waals surface area contributed by atoms with Gasteiger partial charge in [0.15, 0.2) is 0 Å². The average molecular weight is 455 g/mol. The van der Waals surface area contributed by atoms with Gasteiger partial charge in [0, 0.05) is 45.7 Å². The molecule has 5 heteroatoms. The maximum Gasteiger partial charge on any atom is 0.265 e. The minimum Gasteiger partial charge on any atom is -0.322 e. The predicted octanol–water partition coefficient (Wildman–Crippen LogP) is 6.16. The molecule has 0 aliphatic carbocycles. The molecule has 2 nitrogen and oxygen atoms in total. The van der Waals surface area contributed by atoms with Crippen LogP contribution in [0, 0.1) is 19.7 Å². The number of hydrogen-bond acceptors (Lipinski definition) is 1. The van der Waals surface area contributed by atoms with Crippen molar-refractivity contribution in [2.75, 3.05) is 23.8 Å². The zero-order valence-corrected chi connectivity index (χ0v) is 20.6. The summed E-state index contributed by atoms with van der Waals surface area (Å²) in [6.07, 6.45) is 10.9. The monoisotopic (exact) mass is 455 g/mol. The molecule has 1 N–H and O–H groups in total. The number of halogens is 1. The number of hydrogen-bond donors (Lipinski definition) is 1. The van der Waals surface area contributed by atoms with Gasteiger partial charge >= 0.3 is 0 Å². The maximum absolute atomic E-state index is 13.6. The van der Waals surface area contributed by atoms with Gasteiger partial charge in [0.2, 0.25) is 0 Å². The Morgan fingerprint density at radius 3 is 2.12 bits per heavy atom. The van der Waals surface area contributed by atoms with E-state index in [1.54, 1.807) is 0 Å². The number of carbonyl (C=O) groups is 1. The normalized spacial score (nSPS) is 17.7. The smallest absolute Gasteiger partial charge is 0.265 e. The molecule has 2 rings (SSSR count). The third-order valence-electron chi connectivity index (χ3n) is 5.86. The fourth-order valence-electron chi connectivity index (χ4n) is 4.41. The molecule has 1 saturated heterocycles. The number of aryl methyl sites for hydroxylation is 2. The Morgan fingerprint density at radius 2 is 1.65 bits per heavy atom. The second kappa shape index (κ2) is 11.2. The van der Waals surface area contributed by atoms with Gasteiger partial charge in [-0.25, -0.2) is 4.39 Å². The van der Waals surface area contributed by atoms with Crippen LogP contribution in [0.15, 0.2) is 12.1 Å². The topological polar surface area (TPSA) is 29.1 Å². The van der Waals surface area contributed by atoms with Crippen LogP contribution in [0.4, 0.5) is 10.1 Å². The Balaban J connectivity index is 0.00000338. The van der Waals surface area contributed by atoms with Crippen LogP contribution >= 0.6 is 7.26 Å². The summed E-state index contributed by atoms with van der Waals surface area (Å²) in [7, 11) is -1.26. The van der Waals surface area contributed by atoms with Crippen molar-refractivity contribution in [3.05, 3.63) is 29.1 Å². The second-order valence-corrected chi connectivity index (χ2v) is 12.2. The predicted molar refractivity (Wildman–Crippen MR) is 109 cm³/mol. The Labute approximate surface area is 184 Å². The van der Waals surface area contributed by atoms with Crippen LogP contribution in [0.2, 0.25) is 0 Å². The van der Waals surface area contributed by atoms with E-state index < -0.39 is 7.26 Å². The molecule has 1 atom stereocenters. The minimum absolute atomic E-state index is 0. The molecule has 1 amide bonds. The van der Waals surface area contributed by atoms with Crippen molar-refractivity contribution in [1.29, 1.82) is 0 Å². The average Bonchev–Trinajstić information content (AvgIpc) is 2.82. The number of benzene rings is 1. The van der Waals surface area contributed by atoms with Crippen LogP contribution in [0.1, 0.15) is 63.5 Å². The molecule has 0 aromatic heterocycles. The summed E-state index contributed by atoms with van der Waals surface area (Å²) >= 11 is 0. The SMILES string of the molecule is CCCC(C(=O)Nc1c(C)cc(F)cc1C)[P+]1(CC)CCCCCC1.[Y]. The molecule has 0 spiro atoms. The van der Waals surface area contributed by atoms with Crippen LogP contribution in [0.25, 0.3) is 0 Å². The van der Waals surface area contributed by atoms with Gasteiger partial charge in [-0.2, -0.15) is 0 Å². The summed E-state index contributed by atoms with van der Waals surface area (Å²) in [4.78, 5) is 13.3. The first kappa shape index (κ1) is 24.2. The summed E-state index contributed by atoms with van der Waals surface area (Å²) in [5.74, 6) is -0.0591. The third-order valence-corrected chi connectivity index (χ3v) is 11.3. The largest absolute Gasteiger partial charge is 0.322 e. The van der Waals surface area contributed by atoms with E-state index in [1.807, 2.05) is 13.8 Å². The fourth-order valence-corrected chi connectivity index (χ4v) is 9.40. The molecule has 1 fully saturated rings. The molecule has 0 bridgehead atoms. The van der Waals surface area contributed by atoms with Gasteiger partial charge in [-0.1, -0.05) is 13.3 Å². The summed E-state index contributed by atoms with van der Waals surface area (Å²) in [6.45, 7) is 8.22. The first-order valence-corrected chi connectivity index (χ1v) is 12.3. The fraction of sp³-hybridized carbons (Fsp3) is 0.667. The number of amides is 1. The van der Waals surface area contributed by atoms with Crippen LogP contribution < -0.4 is 5.32 Å². The van der Waals surface area contributed by atoms with Gasteiger partial charge in [-0.15, -0.1) is 0 Å². The Bertz CT molecular complexity index is 577. The van der Waals surface area contributed by atoms with Gasteiger partial charge in [0.05, 0.1) is 18.5 Å². The van der Waals surface area contributed by atoms with Crippen molar-refractivity contribution in [3.8, 4) is 0 Å². The molecule has 1 aliphatic rings. The van der Waals surface area contributed by atoms with Crippen LogP contribution in [-0.2, 0) is 37.5 Å². The zero-order valence-electron chi connectivity index (χ0n) is 16.9. The number of rotatable bonds is 6. The first-order valence-electron chi connectivity index (χ1n) is 9.87. The molecule has 1 heterocycles. The molecule has 1 aromatic carbocycles. The van der Waals surface area contributed by atoms with E-state index in [2.05, 4.69) is 19.2 Å². The van der Waals surface area contributed by atoms with E-state index >= 15 is 0 Å². The van der Waals surface area contributed by atoms with Crippen molar-refractivity contribution in [2.45, 2.75) is 71.9 Å². The summed E-state index contributed by atoms with van der Waals surface area (Å²) < 4.78 is 13.6. The quantitative estimate of drug-likeness (QED) is 0.512. The molecule has 1 aromatic rings. The van der Waals surface area contributed by atoms with Crippen molar-refractivity contribution in [2.24, 2.45) is 0 Å². The van der Waals surface area contributed by atoms with Crippen molar-refractivity contribution >= 4 is 18.9 Å². The van der Waals surface area contributed by atoms with Crippen LogP contribution in [0.3, 0.4) is 0 Å². The van der Waals surface area contributed by atoms with Crippen molar-refractivity contribution < 1.29 is 41.9 Å². The van der Waals surface area contributed by atoms with E-state index in [0.29, 0.717) is 0 Å². The molecular weight excluding hydrogens is 421 g/mol. The van der Waals surface area contributed by atoms with Crippen LogP contribution in [0.5, 0.6) is 0 Å². The summed E-state index contributed by atoms with van der Waals surface area (Å²) in [5, 5.41) is 3.19. The second-order valence-electron chi connectivity index (χ2n) is 7.60. The van der Waals surface area contributed by atoms with Crippen LogP contribution in [-0.4, -0.2) is 30.1 Å². The number of carbonyl (C=O) groups excluding carboxylic acids is 1. The molecular formula is C21H34FNOPY+. The van der Waals surface area contributed by atoms with E-state index in [0.717, 1.165) is 29.7 Å². The standard InChI is InChI=1S/C21H33FNOP.Y/c1-5-11-19(25(6-2)12-9-7-8-10-13-25)21(24)23-20-16(3)14-18(22)15-17(20)4;/h14-15,19H,5-13H2,1-4H3;/p+1. The Hall–Kier alpha value is 0.154. The Morgan fingerprint density at radius 1 is 1.12 bits per heavy atom. The maximum atomic E-state index is 13.6. The molecule has 26 heavy (non-hydrogen) atoms. The van der Waals surface area contributed by atoms with Gasteiger partial charge < -0.3 is 5.32 Å². The first-order chi connectivity index (χ1) is 11.9. The van der Waals surface area contributed by atoms with E-state index in [4.69, 9.17) is 0 Å². The van der Waals surface area contributed by atoms with Gasteiger partial charge in [0.1, 0.15) is 11.5 Å². The Kier molecular flexibility index (Phi) is 10.4. The van der Waals surface area contributed by atoms with Crippen molar-refractivity contribution in [1.82, 2.24) is 0 Å². The van der Waals surface area contributed by atoms with Gasteiger partial charge in [0.25, 0.3) is 5.91 Å². The number of anilines is 1. The van der Waals surface area contributed by atoms with E-state index in [1.165, 1.54) is 56.3 Å². The van der Waals surface area contributed by atoms with E-state index in [-0.39, 0.29) is 50.1 Å². The summed E-state index contributed by atoms with van der Waals surface area (Å²) in [6, 6.07) is 3.02. The summed E-state index contributed by atoms with van der Waals surface area (Å²) in [5.41, 5.74) is 2.58. The van der Waals surface area contributed by atoms with Gasteiger partial charge in [-0.05, 0) is 76.1 Å². The molecule has 143 valence electrons. The molecule has 1 aliphatic heterocycles. The van der Waals surface area contributed by atoms with E-state index in [9.17, 15) is 9.18 Å². The molecule has 1 radical (unpaired) electrons. The van der Waals surface area contributed by atoms with Crippen molar-refractivity contribution in [3.63, 3.8) is 0 Å². The zero-order chi connectivity index (χ0) is 18.4. The molecule has 0 saturated carbocycles. The number of nitrogens with one attached hydrogen (secondary N) is 1. The third kappa shape index (κ3) is 5.82. The van der Waals surface area contributed by atoms with Gasteiger partial charge in [-0.3, -0.25) is 4.79 Å².